The highest BCUT2D eigenvalue weighted by Crippen LogP contribution is 2.28. The largest absolute Gasteiger partial charge is 0.332 e. The number of carbonyl (C=O) groups excluding carboxylic acids is 2. The lowest BCUT2D eigenvalue weighted by molar-refractivity contribution is -0.116. The van der Waals surface area contributed by atoms with Crippen LogP contribution in [0.15, 0.2) is 41.3 Å². The second kappa shape index (κ2) is 10.1. The van der Waals surface area contributed by atoms with Gasteiger partial charge in [-0.05, 0) is 74.9 Å². The third-order valence-corrected chi connectivity index (χ3v) is 8.31. The molecular formula is C25H33N3O4S. The Morgan fingerprint density at radius 3 is 2.27 bits per heavy atom. The number of aryl methyl sites for hydroxylation is 2. The average Bonchev–Trinajstić information content (AvgIpc) is 2.76. The Kier molecular flexibility index (Phi) is 7.59. The van der Waals surface area contributed by atoms with Gasteiger partial charge in [0.2, 0.25) is 15.9 Å². The molecule has 0 unspecified atom stereocenters. The van der Waals surface area contributed by atoms with Crippen LogP contribution in [0.4, 0.5) is 5.69 Å². The van der Waals surface area contributed by atoms with Crippen LogP contribution >= 0.6 is 0 Å². The average molecular weight is 472 g/mol. The van der Waals surface area contributed by atoms with E-state index in [0.29, 0.717) is 30.3 Å². The van der Waals surface area contributed by atoms with Gasteiger partial charge >= 0.3 is 0 Å². The fraction of sp³-hybridized carbons (Fsp3) is 0.440. The SMILES string of the molecule is Cc1ccc(NC(=O)CN(C)C(=O)c2cc(C)c(C)c(S(=O)(=O)N3CCC(C)CC3)c2)cc1. The van der Waals surface area contributed by atoms with Crippen LogP contribution in [-0.4, -0.2) is 56.1 Å². The third-order valence-electron chi connectivity index (χ3n) is 6.29. The van der Waals surface area contributed by atoms with Crippen molar-refractivity contribution >= 4 is 27.5 Å². The molecule has 0 saturated carbocycles. The molecule has 8 heteroatoms. The van der Waals surface area contributed by atoms with E-state index in [2.05, 4.69) is 12.2 Å². The number of nitrogens with one attached hydrogen (secondary N) is 1. The minimum absolute atomic E-state index is 0.147. The molecule has 0 aromatic heterocycles. The van der Waals surface area contributed by atoms with E-state index in [9.17, 15) is 18.0 Å². The molecule has 2 aromatic carbocycles. The van der Waals surface area contributed by atoms with Gasteiger partial charge in [0.15, 0.2) is 0 Å². The number of sulfonamides is 1. The van der Waals surface area contributed by atoms with Gasteiger partial charge in [0.05, 0.1) is 11.4 Å². The van der Waals surface area contributed by atoms with E-state index in [1.807, 2.05) is 19.1 Å². The van der Waals surface area contributed by atoms with Crippen LogP contribution in [-0.2, 0) is 14.8 Å². The third kappa shape index (κ3) is 5.81. The van der Waals surface area contributed by atoms with Crippen molar-refractivity contribution < 1.29 is 18.0 Å². The first-order valence-electron chi connectivity index (χ1n) is 11.2. The molecule has 1 aliphatic rings. The first-order valence-corrected chi connectivity index (χ1v) is 12.7. The summed E-state index contributed by atoms with van der Waals surface area (Å²) in [6.45, 7) is 8.48. The van der Waals surface area contributed by atoms with Crippen molar-refractivity contribution in [2.75, 3.05) is 32.0 Å². The number of hydrogen-bond donors (Lipinski definition) is 1. The second-order valence-corrected chi connectivity index (χ2v) is 11.0. The van der Waals surface area contributed by atoms with Crippen LogP contribution in [0.5, 0.6) is 0 Å². The van der Waals surface area contributed by atoms with E-state index in [1.54, 1.807) is 32.0 Å². The molecule has 178 valence electrons. The van der Waals surface area contributed by atoms with Crippen LogP contribution < -0.4 is 5.32 Å². The predicted molar refractivity (Wildman–Crippen MR) is 130 cm³/mol. The van der Waals surface area contributed by atoms with Crippen molar-refractivity contribution in [3.05, 3.63) is 58.7 Å². The van der Waals surface area contributed by atoms with Crippen molar-refractivity contribution in [1.29, 1.82) is 0 Å². The molecule has 1 heterocycles. The van der Waals surface area contributed by atoms with Crippen molar-refractivity contribution in [3.63, 3.8) is 0 Å². The summed E-state index contributed by atoms with van der Waals surface area (Å²) < 4.78 is 28.2. The summed E-state index contributed by atoms with van der Waals surface area (Å²) in [5, 5.41) is 2.77. The Bertz CT molecular complexity index is 1130. The number of rotatable bonds is 6. The van der Waals surface area contributed by atoms with Gasteiger partial charge in [-0.3, -0.25) is 9.59 Å². The van der Waals surface area contributed by atoms with E-state index in [1.165, 1.54) is 22.3 Å². The van der Waals surface area contributed by atoms with E-state index >= 15 is 0 Å². The number of likely N-dealkylation sites (N-methyl/N-ethyl adjacent to an activating group) is 1. The first kappa shape index (κ1) is 24.9. The molecule has 33 heavy (non-hydrogen) atoms. The van der Waals surface area contributed by atoms with E-state index in [4.69, 9.17) is 0 Å². The number of carbonyl (C=O) groups is 2. The van der Waals surface area contributed by atoms with Crippen molar-refractivity contribution in [1.82, 2.24) is 9.21 Å². The summed E-state index contributed by atoms with van der Waals surface area (Å²) in [4.78, 5) is 27.0. The molecule has 0 atom stereocenters. The van der Waals surface area contributed by atoms with Crippen LogP contribution in [0.3, 0.4) is 0 Å². The maximum atomic E-state index is 13.4. The monoisotopic (exact) mass is 471 g/mol. The summed E-state index contributed by atoms with van der Waals surface area (Å²) in [6, 6.07) is 10.5. The summed E-state index contributed by atoms with van der Waals surface area (Å²) >= 11 is 0. The van der Waals surface area contributed by atoms with E-state index in [0.717, 1.165) is 24.0 Å². The zero-order valence-corrected chi connectivity index (χ0v) is 20.8. The van der Waals surface area contributed by atoms with Crippen molar-refractivity contribution in [3.8, 4) is 0 Å². The van der Waals surface area contributed by atoms with Gasteiger partial charge in [-0.2, -0.15) is 4.31 Å². The lowest BCUT2D eigenvalue weighted by atomic mass is 10.0. The van der Waals surface area contributed by atoms with Gasteiger partial charge in [0.25, 0.3) is 5.91 Å². The maximum Gasteiger partial charge on any atom is 0.254 e. The number of nitrogens with zero attached hydrogens (tertiary/aromatic N) is 2. The number of hydrogen-bond acceptors (Lipinski definition) is 4. The molecule has 7 nitrogen and oxygen atoms in total. The molecule has 1 fully saturated rings. The van der Waals surface area contributed by atoms with Gasteiger partial charge in [-0.15, -0.1) is 0 Å². The second-order valence-electron chi connectivity index (χ2n) is 9.08. The van der Waals surface area contributed by atoms with Gasteiger partial charge in [-0.1, -0.05) is 24.6 Å². The van der Waals surface area contributed by atoms with Crippen LogP contribution in [0.1, 0.15) is 46.8 Å². The zero-order chi connectivity index (χ0) is 24.3. The molecular weight excluding hydrogens is 438 g/mol. The Hall–Kier alpha value is -2.71. The highest BCUT2D eigenvalue weighted by atomic mass is 32.2. The fourth-order valence-corrected chi connectivity index (χ4v) is 5.72. The lowest BCUT2D eigenvalue weighted by Gasteiger charge is -2.30. The summed E-state index contributed by atoms with van der Waals surface area (Å²) in [7, 11) is -2.17. The molecule has 1 saturated heterocycles. The fourth-order valence-electron chi connectivity index (χ4n) is 3.93. The van der Waals surface area contributed by atoms with Gasteiger partial charge < -0.3 is 10.2 Å². The maximum absolute atomic E-state index is 13.4. The topological polar surface area (TPSA) is 86.8 Å². The van der Waals surface area contributed by atoms with E-state index < -0.39 is 15.9 Å². The van der Waals surface area contributed by atoms with Crippen LogP contribution in [0, 0.1) is 26.7 Å². The van der Waals surface area contributed by atoms with Gasteiger partial charge in [-0.25, -0.2) is 8.42 Å². The number of amides is 2. The first-order chi connectivity index (χ1) is 15.5. The highest BCUT2D eigenvalue weighted by molar-refractivity contribution is 7.89. The minimum atomic E-state index is -3.70. The Morgan fingerprint density at radius 1 is 1.06 bits per heavy atom. The molecule has 2 aromatic rings. The standard InChI is InChI=1S/C25H33N3O4S/c1-17-6-8-22(9-7-17)26-24(29)16-27(5)25(30)21-14-19(3)20(4)23(15-21)33(31,32)28-12-10-18(2)11-13-28/h6-9,14-15,18H,10-13,16H2,1-5H3,(H,26,29). The van der Waals surface area contributed by atoms with E-state index in [-0.39, 0.29) is 22.9 Å². The Labute approximate surface area is 196 Å². The lowest BCUT2D eigenvalue weighted by Crippen LogP contribution is -2.38. The van der Waals surface area contributed by atoms with Crippen molar-refractivity contribution in [2.45, 2.75) is 45.4 Å². The molecule has 1 aliphatic heterocycles. The molecule has 0 aliphatic carbocycles. The normalized spacial score (nSPS) is 15.3. The molecule has 3 rings (SSSR count). The summed E-state index contributed by atoms with van der Waals surface area (Å²) in [5.41, 5.74) is 3.36. The van der Waals surface area contributed by atoms with Crippen LogP contribution in [0.2, 0.25) is 0 Å². The van der Waals surface area contributed by atoms with Gasteiger partial charge in [0, 0.05) is 31.4 Å². The summed E-state index contributed by atoms with van der Waals surface area (Å²) in [5.74, 6) is -0.221. The molecule has 0 spiro atoms. The van der Waals surface area contributed by atoms with Crippen molar-refractivity contribution in [2.24, 2.45) is 5.92 Å². The van der Waals surface area contributed by atoms with Gasteiger partial charge in [0.1, 0.15) is 0 Å². The zero-order valence-electron chi connectivity index (χ0n) is 20.0. The number of anilines is 1. The Morgan fingerprint density at radius 2 is 1.67 bits per heavy atom. The number of piperidine rings is 1. The quantitative estimate of drug-likeness (QED) is 0.695. The molecule has 2 amide bonds. The predicted octanol–water partition coefficient (Wildman–Crippen LogP) is 3.74. The molecule has 0 radical (unpaired) electrons. The minimum Gasteiger partial charge on any atom is -0.332 e. The smallest absolute Gasteiger partial charge is 0.254 e. The molecule has 1 N–H and O–H groups in total. The highest BCUT2D eigenvalue weighted by Gasteiger charge is 2.31. The van der Waals surface area contributed by atoms with Crippen LogP contribution in [0.25, 0.3) is 0 Å². The Balaban J connectivity index is 1.78. The summed E-state index contributed by atoms with van der Waals surface area (Å²) in [6.07, 6.45) is 1.66. The number of benzene rings is 2. The molecule has 0 bridgehead atoms.